The van der Waals surface area contributed by atoms with Gasteiger partial charge in [-0.2, -0.15) is 0 Å². The van der Waals surface area contributed by atoms with Gasteiger partial charge in [-0.05, 0) is 18.5 Å². The highest BCUT2D eigenvalue weighted by Crippen LogP contribution is 2.26. The Morgan fingerprint density at radius 2 is 2.64 bits per heavy atom. The molecule has 0 atom stereocenters. The molecular formula is C5H6N2O3S. The number of hydrogen-bond donors (Lipinski definition) is 0. The van der Waals surface area contributed by atoms with Gasteiger partial charge in [-0.15, -0.1) is 4.37 Å². The molecule has 1 aromatic heterocycles. The van der Waals surface area contributed by atoms with Crippen LogP contribution in [0.3, 0.4) is 0 Å². The molecule has 0 fully saturated rings. The lowest BCUT2D eigenvalue weighted by molar-refractivity contribution is -0.385. The van der Waals surface area contributed by atoms with Gasteiger partial charge in [0, 0.05) is 0 Å². The van der Waals surface area contributed by atoms with Gasteiger partial charge >= 0.3 is 11.6 Å². The zero-order valence-electron chi connectivity index (χ0n) is 5.81. The zero-order valence-corrected chi connectivity index (χ0v) is 6.63. The third-order valence-corrected chi connectivity index (χ3v) is 1.60. The number of hydrogen-bond acceptors (Lipinski definition) is 5. The van der Waals surface area contributed by atoms with E-state index < -0.39 is 4.92 Å². The molecule has 11 heavy (non-hydrogen) atoms. The predicted octanol–water partition coefficient (Wildman–Crippen LogP) is 1.45. The van der Waals surface area contributed by atoms with Gasteiger partial charge in [0.25, 0.3) is 0 Å². The summed E-state index contributed by atoms with van der Waals surface area (Å²) in [6.07, 6.45) is 0. The lowest BCUT2D eigenvalue weighted by Crippen LogP contribution is -1.95. The van der Waals surface area contributed by atoms with Crippen molar-refractivity contribution in [3.8, 4) is 5.88 Å². The standard InChI is InChI=1S/C5H6N2O3S/c1-2-10-5-4(7(8)9)3-11-6-5/h3H,2H2,1H3. The molecule has 0 aliphatic carbocycles. The Bertz CT molecular complexity index is 260. The van der Waals surface area contributed by atoms with E-state index in [1.54, 1.807) is 6.92 Å². The molecule has 0 amide bonds. The van der Waals surface area contributed by atoms with Crippen molar-refractivity contribution >= 4 is 17.2 Å². The van der Waals surface area contributed by atoms with Crippen molar-refractivity contribution in [1.29, 1.82) is 0 Å². The molecular weight excluding hydrogens is 168 g/mol. The highest BCUT2D eigenvalue weighted by Gasteiger charge is 2.17. The van der Waals surface area contributed by atoms with Gasteiger partial charge in [0.05, 0.1) is 16.9 Å². The largest absolute Gasteiger partial charge is 0.472 e. The van der Waals surface area contributed by atoms with Crippen molar-refractivity contribution in [2.75, 3.05) is 6.61 Å². The van der Waals surface area contributed by atoms with Gasteiger partial charge < -0.3 is 4.74 Å². The molecule has 0 saturated heterocycles. The molecule has 0 N–H and O–H groups in total. The molecule has 0 unspecified atom stereocenters. The smallest absolute Gasteiger partial charge is 0.343 e. The zero-order chi connectivity index (χ0) is 8.27. The van der Waals surface area contributed by atoms with Crippen LogP contribution < -0.4 is 4.74 Å². The van der Waals surface area contributed by atoms with Crippen molar-refractivity contribution in [1.82, 2.24) is 4.37 Å². The van der Waals surface area contributed by atoms with Crippen molar-refractivity contribution < 1.29 is 9.66 Å². The highest BCUT2D eigenvalue weighted by molar-refractivity contribution is 7.04. The molecule has 0 bridgehead atoms. The summed E-state index contributed by atoms with van der Waals surface area (Å²) < 4.78 is 8.60. The summed E-state index contributed by atoms with van der Waals surface area (Å²) >= 11 is 1.02. The third kappa shape index (κ3) is 1.64. The van der Waals surface area contributed by atoms with Gasteiger partial charge in [0.15, 0.2) is 0 Å². The monoisotopic (exact) mass is 174 g/mol. The highest BCUT2D eigenvalue weighted by atomic mass is 32.1. The second-order valence-electron chi connectivity index (χ2n) is 1.70. The van der Waals surface area contributed by atoms with Crippen LogP contribution in [0, 0.1) is 10.1 Å². The summed E-state index contributed by atoms with van der Waals surface area (Å²) in [5.41, 5.74) is -0.0585. The first-order chi connectivity index (χ1) is 5.25. The van der Waals surface area contributed by atoms with Gasteiger partial charge in [0.2, 0.25) is 0 Å². The summed E-state index contributed by atoms with van der Waals surface area (Å²) in [4.78, 5) is 9.74. The van der Waals surface area contributed by atoms with Crippen LogP contribution in [-0.2, 0) is 0 Å². The maximum Gasteiger partial charge on any atom is 0.343 e. The molecule has 0 aromatic carbocycles. The Kier molecular flexibility index (Phi) is 2.37. The topological polar surface area (TPSA) is 65.3 Å². The quantitative estimate of drug-likeness (QED) is 0.513. The SMILES string of the molecule is CCOc1nscc1[N+](=O)[O-]. The van der Waals surface area contributed by atoms with Crippen LogP contribution in [0.25, 0.3) is 0 Å². The second-order valence-corrected chi connectivity index (χ2v) is 2.32. The van der Waals surface area contributed by atoms with E-state index in [1.807, 2.05) is 0 Å². The van der Waals surface area contributed by atoms with Crippen molar-refractivity contribution in [3.63, 3.8) is 0 Å². The Morgan fingerprint density at radius 1 is 1.91 bits per heavy atom. The van der Waals surface area contributed by atoms with Gasteiger partial charge in [-0.3, -0.25) is 10.1 Å². The Balaban J connectivity index is 2.87. The fourth-order valence-electron chi connectivity index (χ4n) is 0.579. The van der Waals surface area contributed by atoms with Crippen LogP contribution in [0.1, 0.15) is 6.92 Å². The average Bonchev–Trinajstić information content (AvgIpc) is 2.36. The van der Waals surface area contributed by atoms with E-state index >= 15 is 0 Å². The molecule has 0 aliphatic heterocycles. The number of aromatic nitrogens is 1. The van der Waals surface area contributed by atoms with E-state index in [-0.39, 0.29) is 11.6 Å². The van der Waals surface area contributed by atoms with Crippen LogP contribution in [0.15, 0.2) is 5.38 Å². The molecule has 6 heteroatoms. The minimum absolute atomic E-state index is 0.0585. The van der Waals surface area contributed by atoms with Gasteiger partial charge in [-0.1, -0.05) is 0 Å². The summed E-state index contributed by atoms with van der Waals surface area (Å²) in [7, 11) is 0. The Hall–Kier alpha value is -1.17. The van der Waals surface area contributed by atoms with Crippen molar-refractivity contribution in [2.45, 2.75) is 6.92 Å². The molecule has 1 heterocycles. The molecule has 0 saturated carbocycles. The first-order valence-electron chi connectivity index (χ1n) is 2.97. The number of ether oxygens (including phenoxy) is 1. The van der Waals surface area contributed by atoms with Crippen LogP contribution in [-0.4, -0.2) is 15.9 Å². The van der Waals surface area contributed by atoms with Crippen molar-refractivity contribution in [3.05, 3.63) is 15.5 Å². The van der Waals surface area contributed by atoms with Crippen LogP contribution >= 0.6 is 11.5 Å². The van der Waals surface area contributed by atoms with E-state index in [0.717, 1.165) is 11.5 Å². The summed E-state index contributed by atoms with van der Waals surface area (Å²) in [5, 5.41) is 11.6. The average molecular weight is 174 g/mol. The van der Waals surface area contributed by atoms with Gasteiger partial charge in [-0.25, -0.2) is 0 Å². The molecule has 0 radical (unpaired) electrons. The van der Waals surface area contributed by atoms with E-state index in [0.29, 0.717) is 6.61 Å². The van der Waals surface area contributed by atoms with E-state index in [2.05, 4.69) is 4.37 Å². The first-order valence-corrected chi connectivity index (χ1v) is 3.81. The summed E-state index contributed by atoms with van der Waals surface area (Å²) in [6.45, 7) is 2.15. The number of nitro groups is 1. The number of nitrogens with zero attached hydrogens (tertiary/aromatic N) is 2. The molecule has 0 spiro atoms. The fourth-order valence-corrected chi connectivity index (χ4v) is 1.16. The van der Waals surface area contributed by atoms with Crippen LogP contribution in [0.4, 0.5) is 5.69 Å². The maximum atomic E-state index is 10.2. The van der Waals surface area contributed by atoms with E-state index in [4.69, 9.17) is 4.74 Å². The summed E-state index contributed by atoms with van der Waals surface area (Å²) in [6, 6.07) is 0. The molecule has 1 aromatic rings. The van der Waals surface area contributed by atoms with Gasteiger partial charge in [0.1, 0.15) is 0 Å². The summed E-state index contributed by atoms with van der Waals surface area (Å²) in [5.74, 6) is 0.113. The normalized spacial score (nSPS) is 9.55. The molecule has 60 valence electrons. The maximum absolute atomic E-state index is 10.2. The molecule has 0 aliphatic rings. The Morgan fingerprint density at radius 3 is 3.18 bits per heavy atom. The third-order valence-electron chi connectivity index (χ3n) is 0.997. The lowest BCUT2D eigenvalue weighted by Gasteiger charge is -1.94. The number of rotatable bonds is 3. The van der Waals surface area contributed by atoms with Crippen LogP contribution in [0.2, 0.25) is 0 Å². The first kappa shape index (κ1) is 7.93. The van der Waals surface area contributed by atoms with E-state index in [9.17, 15) is 10.1 Å². The Labute approximate surface area is 66.9 Å². The minimum Gasteiger partial charge on any atom is -0.472 e. The van der Waals surface area contributed by atoms with Crippen molar-refractivity contribution in [2.24, 2.45) is 0 Å². The predicted molar refractivity (Wildman–Crippen MR) is 39.9 cm³/mol. The lowest BCUT2D eigenvalue weighted by atomic mass is 10.6. The molecule has 1 rings (SSSR count). The fraction of sp³-hybridized carbons (Fsp3) is 0.400. The second kappa shape index (κ2) is 3.29. The molecule has 5 nitrogen and oxygen atoms in total. The van der Waals surface area contributed by atoms with E-state index in [1.165, 1.54) is 5.38 Å². The van der Waals surface area contributed by atoms with Crippen LogP contribution in [0.5, 0.6) is 5.88 Å². The minimum atomic E-state index is -0.505.